The van der Waals surface area contributed by atoms with Crippen molar-refractivity contribution in [3.63, 3.8) is 0 Å². The van der Waals surface area contributed by atoms with E-state index in [0.717, 1.165) is 16.9 Å². The van der Waals surface area contributed by atoms with E-state index in [1.807, 2.05) is 20.9 Å². The van der Waals surface area contributed by atoms with Gasteiger partial charge in [-0.15, -0.1) is 0 Å². The van der Waals surface area contributed by atoms with E-state index in [2.05, 4.69) is 25.0 Å². The molecular weight excluding hydrogens is 394 g/mol. The van der Waals surface area contributed by atoms with E-state index in [4.69, 9.17) is 16.3 Å². The molecule has 4 heterocycles. The number of carbonyl (C=O) groups is 1. The minimum Gasteiger partial charge on any atom is -0.478 e. The van der Waals surface area contributed by atoms with Gasteiger partial charge in [0, 0.05) is 39.3 Å². The summed E-state index contributed by atoms with van der Waals surface area (Å²) in [5, 5.41) is 5.53. The number of anilines is 1. The zero-order valence-corrected chi connectivity index (χ0v) is 17.3. The number of piperazine rings is 1. The normalized spacial score (nSPS) is 14.5. The second-order valence-electron chi connectivity index (χ2n) is 6.79. The molecule has 0 radical (unpaired) electrons. The Kier molecular flexibility index (Phi) is 5.23. The van der Waals surface area contributed by atoms with Crippen LogP contribution in [0.25, 0.3) is 11.0 Å². The van der Waals surface area contributed by atoms with Crippen molar-refractivity contribution in [3.8, 4) is 5.88 Å². The minimum atomic E-state index is -0.193. The summed E-state index contributed by atoms with van der Waals surface area (Å²) in [4.78, 5) is 30.2. The Bertz CT molecular complexity index is 1060. The highest BCUT2D eigenvalue weighted by Crippen LogP contribution is 2.25. The Hall–Kier alpha value is -2.94. The molecular formula is C19H22ClN7O2. The molecule has 0 saturated carbocycles. The van der Waals surface area contributed by atoms with E-state index in [0.29, 0.717) is 49.5 Å². The van der Waals surface area contributed by atoms with Crippen molar-refractivity contribution in [3.05, 3.63) is 34.9 Å². The Morgan fingerprint density at radius 1 is 1.17 bits per heavy atom. The van der Waals surface area contributed by atoms with Gasteiger partial charge in [-0.25, -0.2) is 15.0 Å². The predicted molar refractivity (Wildman–Crippen MR) is 110 cm³/mol. The highest BCUT2D eigenvalue weighted by atomic mass is 35.5. The van der Waals surface area contributed by atoms with Gasteiger partial charge in [0.15, 0.2) is 11.3 Å². The number of aromatic nitrogens is 5. The van der Waals surface area contributed by atoms with Gasteiger partial charge in [0.1, 0.15) is 11.6 Å². The van der Waals surface area contributed by atoms with E-state index in [1.54, 1.807) is 27.9 Å². The maximum absolute atomic E-state index is 13.0. The van der Waals surface area contributed by atoms with Gasteiger partial charge in [-0.1, -0.05) is 11.6 Å². The monoisotopic (exact) mass is 415 g/mol. The molecule has 0 aliphatic carbocycles. The number of fused-ring (bicyclic) bond motifs is 1. The second kappa shape index (κ2) is 7.82. The summed E-state index contributed by atoms with van der Waals surface area (Å²) < 4.78 is 7.14. The Balaban J connectivity index is 1.52. The molecule has 3 aromatic heterocycles. The molecule has 1 aliphatic rings. The number of hydrogen-bond donors (Lipinski definition) is 0. The lowest BCUT2D eigenvalue weighted by Gasteiger charge is -2.35. The van der Waals surface area contributed by atoms with Crippen molar-refractivity contribution < 1.29 is 9.53 Å². The highest BCUT2D eigenvalue weighted by Gasteiger charge is 2.27. The van der Waals surface area contributed by atoms with E-state index in [9.17, 15) is 4.79 Å². The summed E-state index contributed by atoms with van der Waals surface area (Å²) in [6.07, 6.45) is 1.78. The van der Waals surface area contributed by atoms with Gasteiger partial charge >= 0.3 is 0 Å². The number of pyridine rings is 1. The number of aryl methyl sites for hydroxylation is 2. The summed E-state index contributed by atoms with van der Waals surface area (Å²) in [5.74, 6) is 1.75. The van der Waals surface area contributed by atoms with Crippen LogP contribution in [0.15, 0.2) is 18.3 Å². The molecule has 0 aromatic carbocycles. The predicted octanol–water partition coefficient (Wildman–Crippen LogP) is 2.08. The molecule has 1 aliphatic heterocycles. The average Bonchev–Trinajstić information content (AvgIpc) is 3.09. The maximum atomic E-state index is 13.0. The first-order valence-corrected chi connectivity index (χ1v) is 9.85. The third kappa shape index (κ3) is 3.69. The summed E-state index contributed by atoms with van der Waals surface area (Å²) >= 11 is 6.22. The lowest BCUT2D eigenvalue weighted by Crippen LogP contribution is -2.49. The van der Waals surface area contributed by atoms with Gasteiger partial charge in [-0.05, 0) is 19.9 Å². The van der Waals surface area contributed by atoms with Crippen LogP contribution in [0.1, 0.15) is 23.2 Å². The molecule has 152 valence electrons. The van der Waals surface area contributed by atoms with Crippen molar-refractivity contribution in [1.29, 1.82) is 0 Å². The first-order chi connectivity index (χ1) is 14.0. The quantitative estimate of drug-likeness (QED) is 0.644. The zero-order valence-electron chi connectivity index (χ0n) is 16.6. The van der Waals surface area contributed by atoms with E-state index >= 15 is 0 Å². The standard InChI is InChI=1S/C19H22ClN7O2/c1-4-29-15-6-5-14(20)16(24-15)19(28)27-9-7-26(8-10-27)18-13-11-21-25(3)17(13)22-12(2)23-18/h5-6,11H,4,7-10H2,1-3H3. The molecule has 0 spiro atoms. The van der Waals surface area contributed by atoms with E-state index in [-0.39, 0.29) is 11.6 Å². The minimum absolute atomic E-state index is 0.193. The molecule has 0 N–H and O–H groups in total. The Labute approximate surface area is 173 Å². The molecule has 29 heavy (non-hydrogen) atoms. The van der Waals surface area contributed by atoms with Crippen LogP contribution in [-0.2, 0) is 7.05 Å². The highest BCUT2D eigenvalue weighted by molar-refractivity contribution is 6.33. The van der Waals surface area contributed by atoms with Crippen LogP contribution in [0.3, 0.4) is 0 Å². The van der Waals surface area contributed by atoms with Crippen LogP contribution in [0, 0.1) is 6.92 Å². The molecule has 1 saturated heterocycles. The fourth-order valence-electron chi connectivity index (χ4n) is 3.43. The molecule has 1 fully saturated rings. The van der Waals surface area contributed by atoms with Crippen LogP contribution in [-0.4, -0.2) is 68.3 Å². The van der Waals surface area contributed by atoms with Crippen LogP contribution in [0.2, 0.25) is 5.02 Å². The summed E-state index contributed by atoms with van der Waals surface area (Å²) in [5.41, 5.74) is 1.02. The van der Waals surface area contributed by atoms with E-state index < -0.39 is 0 Å². The molecule has 1 amide bonds. The fourth-order valence-corrected chi connectivity index (χ4v) is 3.61. The third-order valence-corrected chi connectivity index (χ3v) is 5.17. The van der Waals surface area contributed by atoms with Gasteiger partial charge in [-0.3, -0.25) is 9.48 Å². The fraction of sp³-hybridized carbons (Fsp3) is 0.421. The number of rotatable bonds is 4. The first kappa shape index (κ1) is 19.4. The molecule has 10 heteroatoms. The summed E-state index contributed by atoms with van der Waals surface area (Å²) in [6.45, 7) is 6.59. The Morgan fingerprint density at radius 3 is 2.66 bits per heavy atom. The van der Waals surface area contributed by atoms with Gasteiger partial charge in [0.25, 0.3) is 5.91 Å². The van der Waals surface area contributed by atoms with Crippen molar-refractivity contribution >= 4 is 34.4 Å². The first-order valence-electron chi connectivity index (χ1n) is 9.48. The zero-order chi connectivity index (χ0) is 20.5. The number of ether oxygens (including phenoxy) is 1. The number of amides is 1. The number of halogens is 1. The van der Waals surface area contributed by atoms with Gasteiger partial charge in [0.2, 0.25) is 5.88 Å². The molecule has 0 bridgehead atoms. The molecule has 3 aromatic rings. The molecule has 0 unspecified atom stereocenters. The van der Waals surface area contributed by atoms with Crippen LogP contribution in [0.5, 0.6) is 5.88 Å². The second-order valence-corrected chi connectivity index (χ2v) is 7.20. The van der Waals surface area contributed by atoms with E-state index in [1.165, 1.54) is 0 Å². The van der Waals surface area contributed by atoms with Crippen molar-refractivity contribution in [2.45, 2.75) is 13.8 Å². The average molecular weight is 416 g/mol. The van der Waals surface area contributed by atoms with Crippen LogP contribution in [0.4, 0.5) is 5.82 Å². The van der Waals surface area contributed by atoms with Gasteiger partial charge in [0.05, 0.1) is 23.2 Å². The van der Waals surface area contributed by atoms with Crippen LogP contribution >= 0.6 is 11.6 Å². The largest absolute Gasteiger partial charge is 0.478 e. The molecule has 0 atom stereocenters. The summed E-state index contributed by atoms with van der Waals surface area (Å²) in [7, 11) is 1.86. The van der Waals surface area contributed by atoms with Crippen molar-refractivity contribution in [2.24, 2.45) is 7.05 Å². The lowest BCUT2D eigenvalue weighted by atomic mass is 10.2. The van der Waals surface area contributed by atoms with Crippen molar-refractivity contribution in [2.75, 3.05) is 37.7 Å². The third-order valence-electron chi connectivity index (χ3n) is 4.87. The summed E-state index contributed by atoms with van der Waals surface area (Å²) in [6, 6.07) is 3.31. The topological polar surface area (TPSA) is 89.3 Å². The van der Waals surface area contributed by atoms with Gasteiger partial charge in [-0.2, -0.15) is 5.10 Å². The van der Waals surface area contributed by atoms with Crippen LogP contribution < -0.4 is 9.64 Å². The Morgan fingerprint density at radius 2 is 1.93 bits per heavy atom. The van der Waals surface area contributed by atoms with Crippen molar-refractivity contribution in [1.82, 2.24) is 29.6 Å². The lowest BCUT2D eigenvalue weighted by molar-refractivity contribution is 0.0739. The maximum Gasteiger partial charge on any atom is 0.274 e. The smallest absolute Gasteiger partial charge is 0.274 e. The SMILES string of the molecule is CCOc1ccc(Cl)c(C(=O)N2CCN(c3nc(C)nc4c3cnn4C)CC2)n1. The number of hydrogen-bond acceptors (Lipinski definition) is 7. The number of carbonyl (C=O) groups excluding carboxylic acids is 1. The number of nitrogens with zero attached hydrogens (tertiary/aromatic N) is 7. The molecule has 4 rings (SSSR count). The van der Waals surface area contributed by atoms with Gasteiger partial charge < -0.3 is 14.5 Å². The molecule has 9 nitrogen and oxygen atoms in total.